The summed E-state index contributed by atoms with van der Waals surface area (Å²) >= 11 is 1.28. The molecule has 1 heterocycles. The molecule has 12 heteroatoms. The van der Waals surface area contributed by atoms with Gasteiger partial charge < -0.3 is 31.3 Å². The molecule has 34 heavy (non-hydrogen) atoms. The molecular weight excluding hydrogens is 462 g/mol. The van der Waals surface area contributed by atoms with Crippen molar-refractivity contribution in [2.75, 3.05) is 19.8 Å². The van der Waals surface area contributed by atoms with E-state index in [1.54, 1.807) is 14.1 Å². The number of aliphatic hydroxyl groups is 1. The van der Waals surface area contributed by atoms with Gasteiger partial charge in [0.25, 0.3) is 0 Å². The second kappa shape index (κ2) is 12.9. The molecule has 1 saturated heterocycles. The van der Waals surface area contributed by atoms with Gasteiger partial charge in [0, 0.05) is 33.2 Å². The maximum absolute atomic E-state index is 12.7. The maximum Gasteiger partial charge on any atom is 0.243 e. The molecule has 194 valence electrons. The molecule has 0 saturated carbocycles. The second-order valence-corrected chi connectivity index (χ2v) is 10.6. The molecule has 5 atom stereocenters. The van der Waals surface area contributed by atoms with Gasteiger partial charge in [0.2, 0.25) is 29.5 Å². The lowest BCUT2D eigenvalue weighted by molar-refractivity contribution is -0.133. The molecular formula is C22H39N5O6S. The van der Waals surface area contributed by atoms with Crippen molar-refractivity contribution in [2.45, 2.75) is 83.0 Å². The average Bonchev–Trinajstić information content (AvgIpc) is 3.47. The largest absolute Gasteiger partial charge is 0.376 e. The van der Waals surface area contributed by atoms with Gasteiger partial charge >= 0.3 is 0 Å². The first-order chi connectivity index (χ1) is 15.7. The van der Waals surface area contributed by atoms with Crippen LogP contribution in [0.3, 0.4) is 0 Å². The third kappa shape index (κ3) is 9.88. The van der Waals surface area contributed by atoms with Crippen molar-refractivity contribution in [1.82, 2.24) is 26.2 Å². The molecule has 1 fully saturated rings. The Morgan fingerprint density at radius 2 is 1.41 bits per heavy atom. The molecule has 0 aliphatic carbocycles. The van der Waals surface area contributed by atoms with Gasteiger partial charge in [-0.15, -0.1) is 11.8 Å². The Morgan fingerprint density at radius 3 is 1.85 bits per heavy atom. The summed E-state index contributed by atoms with van der Waals surface area (Å²) < 4.78 is 0. The minimum Gasteiger partial charge on any atom is -0.376 e. The molecule has 5 amide bonds. The Labute approximate surface area is 205 Å². The predicted octanol–water partition coefficient (Wildman–Crippen LogP) is -0.665. The summed E-state index contributed by atoms with van der Waals surface area (Å²) in [5.74, 6) is -1.43. The van der Waals surface area contributed by atoms with Crippen LogP contribution in [0.25, 0.3) is 0 Å². The van der Waals surface area contributed by atoms with Crippen LogP contribution in [-0.2, 0) is 24.0 Å². The standard InChI is InChI=1S/C22H39N5O6S/c1-12(2)10-16(25-15(5)28)21(32)24-13(3)19(30)23-14(4)20(31)26-17(22(33)11-34-22)8-9-18(29)27(6)7/h12-14,16-17,33H,8-11H2,1-7H3,(H,23,30)(H,24,32)(H,25,28)(H,26,31)/t13-,14-,16-,17-,22-/m0/s1. The van der Waals surface area contributed by atoms with E-state index >= 15 is 0 Å². The third-order valence-corrected chi connectivity index (χ3v) is 6.52. The van der Waals surface area contributed by atoms with Gasteiger partial charge in [0.1, 0.15) is 23.1 Å². The van der Waals surface area contributed by atoms with Crippen LogP contribution in [-0.4, -0.2) is 88.5 Å². The van der Waals surface area contributed by atoms with E-state index < -0.39 is 46.8 Å². The highest BCUT2D eigenvalue weighted by Gasteiger charge is 2.50. The Kier molecular flexibility index (Phi) is 11.3. The van der Waals surface area contributed by atoms with Crippen LogP contribution in [0.5, 0.6) is 0 Å². The van der Waals surface area contributed by atoms with Gasteiger partial charge in [0.05, 0.1) is 6.04 Å². The summed E-state index contributed by atoms with van der Waals surface area (Å²) in [4.78, 5) is 61.4. The highest BCUT2D eigenvalue weighted by Crippen LogP contribution is 2.46. The van der Waals surface area contributed by atoms with Crippen LogP contribution in [0, 0.1) is 5.92 Å². The zero-order chi connectivity index (χ0) is 26.2. The van der Waals surface area contributed by atoms with Gasteiger partial charge in [-0.05, 0) is 32.6 Å². The predicted molar refractivity (Wildman–Crippen MR) is 130 cm³/mol. The number of nitrogens with one attached hydrogen (secondary N) is 4. The molecule has 1 aliphatic heterocycles. The Morgan fingerprint density at radius 1 is 0.912 bits per heavy atom. The zero-order valence-corrected chi connectivity index (χ0v) is 21.9. The van der Waals surface area contributed by atoms with Crippen molar-refractivity contribution in [2.24, 2.45) is 5.92 Å². The quantitative estimate of drug-likeness (QED) is 0.210. The SMILES string of the molecule is CC(=O)N[C@@H](CC(C)C)C(=O)N[C@@H](C)C(=O)N[C@@H](C)C(=O)N[C@@H](CCC(=O)N(C)C)[C@]1(O)CS1. The number of thioether (sulfide) groups is 1. The number of nitrogens with zero attached hydrogens (tertiary/aromatic N) is 1. The molecule has 0 unspecified atom stereocenters. The highest BCUT2D eigenvalue weighted by atomic mass is 32.2. The lowest BCUT2D eigenvalue weighted by Crippen LogP contribution is -2.56. The van der Waals surface area contributed by atoms with E-state index in [1.807, 2.05) is 13.8 Å². The molecule has 0 bridgehead atoms. The molecule has 0 aromatic carbocycles. The van der Waals surface area contributed by atoms with Gasteiger partial charge in [-0.2, -0.15) is 0 Å². The lowest BCUT2D eigenvalue weighted by Gasteiger charge is -2.26. The molecule has 5 N–H and O–H groups in total. The fraction of sp³-hybridized carbons (Fsp3) is 0.773. The van der Waals surface area contributed by atoms with Crippen LogP contribution < -0.4 is 21.3 Å². The Hall–Kier alpha value is -2.34. The summed E-state index contributed by atoms with van der Waals surface area (Å²) in [5.41, 5.74) is 0. The van der Waals surface area contributed by atoms with Crippen LogP contribution in [0.1, 0.15) is 53.9 Å². The molecule has 0 aromatic rings. The first kappa shape index (κ1) is 29.7. The Balaban J connectivity index is 2.65. The minimum absolute atomic E-state index is 0.116. The minimum atomic E-state index is -1.12. The van der Waals surface area contributed by atoms with Crippen LogP contribution in [0.2, 0.25) is 0 Å². The van der Waals surface area contributed by atoms with Crippen molar-refractivity contribution in [3.05, 3.63) is 0 Å². The number of carbonyl (C=O) groups excluding carboxylic acids is 5. The van der Waals surface area contributed by atoms with E-state index in [-0.39, 0.29) is 30.6 Å². The van der Waals surface area contributed by atoms with E-state index in [4.69, 9.17) is 0 Å². The topological polar surface area (TPSA) is 157 Å². The molecule has 0 aromatic heterocycles. The van der Waals surface area contributed by atoms with Gasteiger partial charge in [-0.1, -0.05) is 13.8 Å². The summed E-state index contributed by atoms with van der Waals surface area (Å²) in [6.45, 7) is 8.12. The normalized spacial score (nSPS) is 20.4. The van der Waals surface area contributed by atoms with E-state index in [0.717, 1.165) is 0 Å². The zero-order valence-electron chi connectivity index (χ0n) is 21.1. The van der Waals surface area contributed by atoms with E-state index in [9.17, 15) is 29.1 Å². The molecule has 0 radical (unpaired) electrons. The lowest BCUT2D eigenvalue weighted by atomic mass is 10.0. The van der Waals surface area contributed by atoms with Gasteiger partial charge in [-0.3, -0.25) is 24.0 Å². The summed E-state index contributed by atoms with van der Waals surface area (Å²) in [5, 5.41) is 20.9. The number of hydrogen-bond acceptors (Lipinski definition) is 7. The number of hydrogen-bond donors (Lipinski definition) is 5. The van der Waals surface area contributed by atoms with Gasteiger partial charge in [-0.25, -0.2) is 0 Å². The molecule has 1 rings (SSSR count). The summed E-state index contributed by atoms with van der Waals surface area (Å²) in [6, 6.07) is -3.29. The smallest absolute Gasteiger partial charge is 0.243 e. The molecule has 11 nitrogen and oxygen atoms in total. The maximum atomic E-state index is 12.7. The van der Waals surface area contributed by atoms with Crippen molar-refractivity contribution in [3.63, 3.8) is 0 Å². The van der Waals surface area contributed by atoms with Crippen molar-refractivity contribution < 1.29 is 29.1 Å². The van der Waals surface area contributed by atoms with Crippen LogP contribution in [0.15, 0.2) is 0 Å². The van der Waals surface area contributed by atoms with Crippen LogP contribution in [0.4, 0.5) is 0 Å². The van der Waals surface area contributed by atoms with E-state index in [1.165, 1.54) is 37.4 Å². The van der Waals surface area contributed by atoms with Crippen molar-refractivity contribution in [1.29, 1.82) is 0 Å². The second-order valence-electron chi connectivity index (χ2n) is 9.36. The third-order valence-electron chi connectivity index (χ3n) is 5.35. The van der Waals surface area contributed by atoms with Crippen molar-refractivity contribution >= 4 is 41.3 Å². The van der Waals surface area contributed by atoms with E-state index in [0.29, 0.717) is 12.2 Å². The number of rotatable bonds is 13. The first-order valence-electron chi connectivity index (χ1n) is 11.4. The average molecular weight is 502 g/mol. The monoisotopic (exact) mass is 501 g/mol. The number of carbonyl (C=O) groups is 5. The van der Waals surface area contributed by atoms with E-state index in [2.05, 4.69) is 21.3 Å². The number of amides is 5. The van der Waals surface area contributed by atoms with Crippen LogP contribution >= 0.6 is 11.8 Å². The summed E-state index contributed by atoms with van der Waals surface area (Å²) in [7, 11) is 3.27. The molecule has 1 aliphatic rings. The fourth-order valence-corrected chi connectivity index (χ4v) is 3.93. The highest BCUT2D eigenvalue weighted by molar-refractivity contribution is 8.07. The van der Waals surface area contributed by atoms with Gasteiger partial charge in [0.15, 0.2) is 0 Å². The van der Waals surface area contributed by atoms with Crippen molar-refractivity contribution in [3.8, 4) is 0 Å². The Bertz CT molecular complexity index is 771. The summed E-state index contributed by atoms with van der Waals surface area (Å²) in [6.07, 6.45) is 0.841. The first-order valence-corrected chi connectivity index (χ1v) is 12.4. The molecule has 0 spiro atoms. The fourth-order valence-electron chi connectivity index (χ4n) is 3.21.